The molecule has 3 aromatic rings. The fourth-order valence-electron chi connectivity index (χ4n) is 2.17. The Labute approximate surface area is 158 Å². The van der Waals surface area contributed by atoms with E-state index < -0.39 is 22.0 Å². The summed E-state index contributed by atoms with van der Waals surface area (Å²) in [4.78, 5) is 16.8. The molecule has 1 amide bonds. The number of nitrogens with zero attached hydrogens (tertiary/aromatic N) is 3. The summed E-state index contributed by atoms with van der Waals surface area (Å²) in [5.41, 5.74) is 7.30. The summed E-state index contributed by atoms with van der Waals surface area (Å²) in [5.74, 6) is -0.0704. The van der Waals surface area contributed by atoms with Crippen LogP contribution in [0, 0.1) is 0 Å². The van der Waals surface area contributed by atoms with Gasteiger partial charge in [0.25, 0.3) is 20.3 Å². The number of nitrogens with two attached hydrogens (primary N) is 1. The first-order valence-corrected chi connectivity index (χ1v) is 11.3. The number of benzene rings is 1. The van der Waals surface area contributed by atoms with Gasteiger partial charge < -0.3 is 5.73 Å². The molecule has 0 saturated carbocycles. The Kier molecular flexibility index (Phi) is 5.61. The first-order valence-electron chi connectivity index (χ1n) is 7.63. The van der Waals surface area contributed by atoms with Gasteiger partial charge in [0, 0.05) is 5.56 Å². The molecule has 11 heteroatoms. The van der Waals surface area contributed by atoms with Crippen LogP contribution in [-0.2, 0) is 14.8 Å². The van der Waals surface area contributed by atoms with Crippen LogP contribution >= 0.6 is 23.1 Å². The van der Waals surface area contributed by atoms with E-state index in [2.05, 4.69) is 10.1 Å². The summed E-state index contributed by atoms with van der Waals surface area (Å²) in [6, 6.07) is 8.60. The summed E-state index contributed by atoms with van der Waals surface area (Å²) < 4.78 is 27.9. The number of carbonyl (C=O) groups excluding carboxylic acids is 1. The molecule has 3 N–H and O–H groups in total. The van der Waals surface area contributed by atoms with Crippen molar-refractivity contribution in [1.82, 2.24) is 19.3 Å². The molecule has 1 unspecified atom stereocenters. The lowest BCUT2D eigenvalue weighted by molar-refractivity contribution is -0.120. The van der Waals surface area contributed by atoms with Crippen molar-refractivity contribution in [3.8, 4) is 11.3 Å². The number of carbonyl (C=O) groups is 1. The molecule has 0 bridgehead atoms. The summed E-state index contributed by atoms with van der Waals surface area (Å²) in [5, 5.41) is 4.03. The van der Waals surface area contributed by atoms with Crippen molar-refractivity contribution in [2.75, 3.05) is 12.0 Å². The predicted molar refractivity (Wildman–Crippen MR) is 103 cm³/mol. The number of fused-ring (bicyclic) bond motifs is 1. The molecule has 2 heterocycles. The van der Waals surface area contributed by atoms with Crippen molar-refractivity contribution in [1.29, 1.82) is 0 Å². The number of rotatable bonds is 7. The molecule has 8 nitrogen and oxygen atoms in total. The van der Waals surface area contributed by atoms with Gasteiger partial charge in [0.15, 0.2) is 0 Å². The Hall–Kier alpha value is -1.95. The molecule has 1 atom stereocenters. The maximum atomic E-state index is 12.4. The smallest absolute Gasteiger partial charge is 0.293 e. The van der Waals surface area contributed by atoms with Crippen LogP contribution in [0.5, 0.6) is 0 Å². The zero-order valence-electron chi connectivity index (χ0n) is 13.8. The predicted octanol–water partition coefficient (Wildman–Crippen LogP) is 1.34. The van der Waals surface area contributed by atoms with Crippen LogP contribution in [0.4, 0.5) is 0 Å². The molecule has 0 aliphatic carbocycles. The summed E-state index contributed by atoms with van der Waals surface area (Å²) in [7, 11) is -4.08. The summed E-state index contributed by atoms with van der Waals surface area (Å²) >= 11 is 2.42. The Balaban J connectivity index is 1.79. The number of hydrogen-bond donors (Lipinski definition) is 2. The number of amides is 1. The molecule has 138 valence electrons. The fraction of sp³-hybridized carbons (Fsp3) is 0.267. The topological polar surface area (TPSA) is 119 Å². The van der Waals surface area contributed by atoms with Crippen molar-refractivity contribution in [2.24, 2.45) is 5.73 Å². The standard InChI is InChI=1S/C15H17N5O3S3/c1-24-8-7-11(16)13(21)19-26(22,23)15-18-20-9-12(17-14(20)25-15)10-5-3-2-4-6-10/h2-6,9,11H,7-8,16H2,1H3,(H,19,21). The van der Waals surface area contributed by atoms with Crippen molar-refractivity contribution in [3.05, 3.63) is 36.5 Å². The van der Waals surface area contributed by atoms with Crippen LogP contribution in [0.3, 0.4) is 0 Å². The maximum Gasteiger partial charge on any atom is 0.293 e. The lowest BCUT2D eigenvalue weighted by Crippen LogP contribution is -2.43. The third kappa shape index (κ3) is 4.06. The van der Waals surface area contributed by atoms with E-state index in [-0.39, 0.29) is 4.34 Å². The highest BCUT2D eigenvalue weighted by molar-refractivity contribution is 7.98. The normalized spacial score (nSPS) is 13.0. The maximum absolute atomic E-state index is 12.4. The number of imidazole rings is 1. The second-order valence-corrected chi connectivity index (χ2v) is 9.24. The molecule has 3 rings (SSSR count). The van der Waals surface area contributed by atoms with Gasteiger partial charge >= 0.3 is 0 Å². The Morgan fingerprint density at radius 3 is 2.77 bits per heavy atom. The monoisotopic (exact) mass is 411 g/mol. The van der Waals surface area contributed by atoms with Crippen LogP contribution in [0.25, 0.3) is 16.2 Å². The molecular weight excluding hydrogens is 394 g/mol. The van der Waals surface area contributed by atoms with E-state index in [9.17, 15) is 13.2 Å². The van der Waals surface area contributed by atoms with E-state index in [4.69, 9.17) is 5.73 Å². The minimum atomic E-state index is -4.08. The molecule has 0 radical (unpaired) electrons. The van der Waals surface area contributed by atoms with E-state index in [1.807, 2.05) is 41.3 Å². The molecule has 1 aromatic carbocycles. The van der Waals surface area contributed by atoms with E-state index in [0.29, 0.717) is 22.8 Å². The van der Waals surface area contributed by atoms with Crippen LogP contribution < -0.4 is 10.5 Å². The summed E-state index contributed by atoms with van der Waals surface area (Å²) in [6.07, 6.45) is 3.92. The van der Waals surface area contributed by atoms with Crippen LogP contribution in [-0.4, -0.2) is 47.0 Å². The molecular formula is C15H17N5O3S3. The highest BCUT2D eigenvalue weighted by atomic mass is 32.2. The average Bonchev–Trinajstić information content (AvgIpc) is 3.19. The Bertz CT molecular complexity index is 982. The fourth-order valence-corrected chi connectivity index (χ4v) is 4.76. The third-order valence-corrected chi connectivity index (χ3v) is 6.81. The molecule has 0 saturated heterocycles. The summed E-state index contributed by atoms with van der Waals surface area (Å²) in [6.45, 7) is 0. The van der Waals surface area contributed by atoms with Gasteiger partial charge in [0.2, 0.25) is 4.96 Å². The molecule has 0 aliphatic heterocycles. The third-order valence-electron chi connectivity index (χ3n) is 3.53. The molecule has 26 heavy (non-hydrogen) atoms. The molecule has 0 fully saturated rings. The number of thioether (sulfide) groups is 1. The Morgan fingerprint density at radius 2 is 2.12 bits per heavy atom. The van der Waals surface area contributed by atoms with E-state index in [0.717, 1.165) is 16.9 Å². The number of nitrogens with one attached hydrogen (secondary N) is 1. The Morgan fingerprint density at radius 1 is 1.38 bits per heavy atom. The second kappa shape index (κ2) is 7.74. The van der Waals surface area contributed by atoms with Crippen molar-refractivity contribution >= 4 is 44.0 Å². The van der Waals surface area contributed by atoms with Gasteiger partial charge in [0.1, 0.15) is 0 Å². The van der Waals surface area contributed by atoms with Crippen molar-refractivity contribution in [3.63, 3.8) is 0 Å². The SMILES string of the molecule is CSCCC(N)C(=O)NS(=O)(=O)c1nn2cc(-c3ccccc3)nc2s1. The van der Waals surface area contributed by atoms with Gasteiger partial charge in [-0.1, -0.05) is 41.7 Å². The highest BCUT2D eigenvalue weighted by Crippen LogP contribution is 2.24. The van der Waals surface area contributed by atoms with Gasteiger partial charge in [-0.15, -0.1) is 5.10 Å². The van der Waals surface area contributed by atoms with Gasteiger partial charge in [-0.25, -0.2) is 14.2 Å². The van der Waals surface area contributed by atoms with E-state index in [1.165, 1.54) is 16.3 Å². The zero-order valence-corrected chi connectivity index (χ0v) is 16.3. The minimum Gasteiger partial charge on any atom is -0.320 e. The van der Waals surface area contributed by atoms with Gasteiger partial charge in [-0.2, -0.15) is 20.2 Å². The average molecular weight is 412 g/mol. The van der Waals surface area contributed by atoms with E-state index in [1.54, 1.807) is 6.20 Å². The van der Waals surface area contributed by atoms with Crippen LogP contribution in [0.1, 0.15) is 6.42 Å². The molecule has 0 spiro atoms. The van der Waals surface area contributed by atoms with Crippen molar-refractivity contribution in [2.45, 2.75) is 16.8 Å². The largest absolute Gasteiger partial charge is 0.320 e. The first-order chi connectivity index (χ1) is 12.4. The molecule has 0 aliphatic rings. The quantitative estimate of drug-likeness (QED) is 0.602. The molecule has 2 aromatic heterocycles. The highest BCUT2D eigenvalue weighted by Gasteiger charge is 2.26. The zero-order chi connectivity index (χ0) is 18.7. The van der Waals surface area contributed by atoms with Crippen LogP contribution in [0.15, 0.2) is 40.9 Å². The second-order valence-electron chi connectivity index (χ2n) is 5.44. The number of hydrogen-bond acceptors (Lipinski definition) is 8. The lowest BCUT2D eigenvalue weighted by Gasteiger charge is -2.10. The van der Waals surface area contributed by atoms with Gasteiger partial charge in [-0.3, -0.25) is 4.79 Å². The number of sulfonamides is 1. The number of aromatic nitrogens is 3. The lowest BCUT2D eigenvalue weighted by atomic mass is 10.2. The van der Waals surface area contributed by atoms with Crippen molar-refractivity contribution < 1.29 is 13.2 Å². The van der Waals surface area contributed by atoms with Crippen LogP contribution in [0.2, 0.25) is 0 Å². The minimum absolute atomic E-state index is 0.231. The van der Waals surface area contributed by atoms with Gasteiger partial charge in [0.05, 0.1) is 17.9 Å². The first kappa shape index (κ1) is 18.8. The van der Waals surface area contributed by atoms with E-state index >= 15 is 0 Å². The van der Waals surface area contributed by atoms with Gasteiger partial charge in [-0.05, 0) is 18.4 Å².